The standard InChI is InChI=1S/C30H12F30N2O6.Cu/c31-17(32,19(35,36)21(39,40)23(43,44)25(47,48)27(51,52)29(55,56)57)3-7-8(12(14(62)64)10-6(16(67)68)2-1-5(15(65)66)9(10)11(7)13(61)63)4-18(33,34)20(37,38)22(41,42)24(45,46)26(49,50)28(53,54)30(58,59)60;/h1-2H,3-4H2,(H2,61,63)(H2,62,64)(H,65,66)(H,67,68);/q;+2/p-2. The summed E-state index contributed by atoms with van der Waals surface area (Å²) < 4.78 is 421. The van der Waals surface area contributed by atoms with Gasteiger partial charge in [0.25, 0.3) is 0 Å². The minimum Gasteiger partial charge on any atom is -0.545 e. The van der Waals surface area contributed by atoms with Crippen molar-refractivity contribution in [1.82, 2.24) is 0 Å². The van der Waals surface area contributed by atoms with Gasteiger partial charge in [-0.1, -0.05) is 12.1 Å². The van der Waals surface area contributed by atoms with Gasteiger partial charge in [-0.15, -0.1) is 0 Å². The van der Waals surface area contributed by atoms with Crippen LogP contribution in [0.1, 0.15) is 52.6 Å². The number of nitrogens with two attached hydrogens (primary N) is 2. The number of fused-ring (bicyclic) bond motifs is 1. The first-order chi connectivity index (χ1) is 29.5. The molecule has 0 aliphatic rings. The topological polar surface area (TPSA) is 166 Å². The van der Waals surface area contributed by atoms with E-state index in [1.807, 2.05) is 0 Å². The Morgan fingerprint density at radius 2 is 0.551 bits per heavy atom. The third-order valence-electron chi connectivity index (χ3n) is 9.19. The molecule has 2 rings (SSSR count). The molecule has 0 spiro atoms. The van der Waals surface area contributed by atoms with Gasteiger partial charge in [-0.05, 0) is 11.1 Å². The van der Waals surface area contributed by atoms with E-state index < -0.39 is 164 Å². The summed E-state index contributed by atoms with van der Waals surface area (Å²) in [6, 6.07) is -0.758. The Morgan fingerprint density at radius 3 is 0.725 bits per heavy atom. The number of amides is 2. The average molecular weight is 1130 g/mol. The minimum atomic E-state index is -9.26. The molecule has 0 fully saturated rings. The van der Waals surface area contributed by atoms with Gasteiger partial charge in [0.1, 0.15) is 0 Å². The summed E-state index contributed by atoms with van der Waals surface area (Å²) in [5.41, 5.74) is -8.52. The van der Waals surface area contributed by atoms with Crippen LogP contribution in [0.4, 0.5) is 132 Å². The first-order valence-electron chi connectivity index (χ1n) is 15.8. The van der Waals surface area contributed by atoms with E-state index in [9.17, 15) is 144 Å². The molecule has 397 valence electrons. The van der Waals surface area contributed by atoms with E-state index >= 15 is 17.6 Å². The molecule has 8 nitrogen and oxygen atoms in total. The zero-order chi connectivity index (χ0) is 54.8. The molecular formula is C30H10CuF30N2O6. The van der Waals surface area contributed by atoms with Crippen LogP contribution in [-0.2, 0) is 29.9 Å². The molecule has 0 bridgehead atoms. The quantitative estimate of drug-likeness (QED) is 0.115. The minimum absolute atomic E-state index is 0. The predicted octanol–water partition coefficient (Wildman–Crippen LogP) is 7.60. The summed E-state index contributed by atoms with van der Waals surface area (Å²) in [4.78, 5) is 49.0. The Morgan fingerprint density at radius 1 is 0.362 bits per heavy atom. The van der Waals surface area contributed by atoms with Crippen molar-refractivity contribution in [2.75, 3.05) is 0 Å². The number of halogens is 30. The molecule has 69 heavy (non-hydrogen) atoms. The molecule has 39 heteroatoms. The molecule has 0 unspecified atom stereocenters. The van der Waals surface area contributed by atoms with Gasteiger partial charge in [-0.3, -0.25) is 9.59 Å². The van der Waals surface area contributed by atoms with Crippen LogP contribution < -0.4 is 21.7 Å². The Hall–Kier alpha value is -5.00. The van der Waals surface area contributed by atoms with Crippen LogP contribution >= 0.6 is 0 Å². The second-order valence-corrected chi connectivity index (χ2v) is 13.4. The Labute approximate surface area is 366 Å². The maximum atomic E-state index is 15.5. The van der Waals surface area contributed by atoms with Crippen molar-refractivity contribution >= 4 is 34.5 Å². The molecule has 0 saturated carbocycles. The Bertz CT molecular complexity index is 2230. The molecule has 2 aromatic rings. The summed E-state index contributed by atoms with van der Waals surface area (Å²) in [5, 5.41) is 18.7. The second-order valence-electron chi connectivity index (χ2n) is 13.4. The fourth-order valence-corrected chi connectivity index (χ4v) is 5.66. The van der Waals surface area contributed by atoms with Gasteiger partial charge in [-0.25, -0.2) is 0 Å². The van der Waals surface area contributed by atoms with Crippen LogP contribution in [-0.4, -0.2) is 107 Å². The normalized spacial score (nSPS) is 15.0. The van der Waals surface area contributed by atoms with Crippen LogP contribution in [0, 0.1) is 0 Å². The molecule has 2 amide bonds. The summed E-state index contributed by atoms with van der Waals surface area (Å²) >= 11 is 0. The monoisotopic (exact) mass is 1130 g/mol. The van der Waals surface area contributed by atoms with Crippen molar-refractivity contribution in [3.63, 3.8) is 0 Å². The van der Waals surface area contributed by atoms with Gasteiger partial charge in [0.05, 0.1) is 23.1 Å². The average Bonchev–Trinajstić information content (AvgIpc) is 3.11. The van der Waals surface area contributed by atoms with Crippen LogP contribution in [0.15, 0.2) is 12.1 Å². The summed E-state index contributed by atoms with van der Waals surface area (Å²) in [7, 11) is 0. The Kier molecular flexibility index (Phi) is 15.4. The number of alkyl halides is 30. The Balaban J connectivity index is 0.0000238. The molecule has 1 radical (unpaired) electrons. The van der Waals surface area contributed by atoms with Crippen LogP contribution in [0.3, 0.4) is 0 Å². The van der Waals surface area contributed by atoms with E-state index in [2.05, 4.69) is 11.5 Å². The van der Waals surface area contributed by atoms with E-state index in [-0.39, 0.29) is 29.2 Å². The maximum absolute atomic E-state index is 15.5. The van der Waals surface area contributed by atoms with Crippen molar-refractivity contribution < 1.29 is 178 Å². The largest absolute Gasteiger partial charge is 2.00 e. The smallest absolute Gasteiger partial charge is 0.545 e. The van der Waals surface area contributed by atoms with E-state index in [1.54, 1.807) is 0 Å². The number of carboxylic acid groups (broad SMARTS) is 2. The van der Waals surface area contributed by atoms with Crippen molar-refractivity contribution in [2.45, 2.75) is 96.3 Å². The number of carbonyl (C=O) groups is 4. The number of benzene rings is 2. The van der Waals surface area contributed by atoms with Gasteiger partial charge >= 0.3 is 100 Å². The third kappa shape index (κ3) is 8.51. The maximum Gasteiger partial charge on any atom is 2.00 e. The van der Waals surface area contributed by atoms with Gasteiger partial charge in [0.2, 0.25) is 11.8 Å². The number of hydrogen-bond donors (Lipinski definition) is 2. The van der Waals surface area contributed by atoms with E-state index in [0.29, 0.717) is 0 Å². The molecule has 2 aromatic carbocycles. The fraction of sp³-hybridized carbons (Fsp3) is 0.533. The number of carbonyl (C=O) groups excluding carboxylic acids is 4. The van der Waals surface area contributed by atoms with Gasteiger partial charge in [0, 0.05) is 34.7 Å². The predicted molar refractivity (Wildman–Crippen MR) is 149 cm³/mol. The molecule has 0 heterocycles. The van der Waals surface area contributed by atoms with E-state index in [1.165, 1.54) is 0 Å². The third-order valence-corrected chi connectivity index (χ3v) is 9.19. The molecule has 0 saturated heterocycles. The molecular weight excluding hydrogens is 1120 g/mol. The molecule has 0 aliphatic carbocycles. The first kappa shape index (κ1) is 62.0. The molecule has 0 aliphatic heterocycles. The fourth-order valence-electron chi connectivity index (χ4n) is 5.66. The number of hydrogen-bond acceptors (Lipinski definition) is 6. The van der Waals surface area contributed by atoms with Crippen molar-refractivity contribution in [3.8, 4) is 0 Å². The number of primary amides is 2. The second kappa shape index (κ2) is 17.1. The zero-order valence-corrected chi connectivity index (χ0v) is 31.8. The van der Waals surface area contributed by atoms with E-state index in [4.69, 9.17) is 0 Å². The molecule has 0 atom stereocenters. The van der Waals surface area contributed by atoms with Crippen LogP contribution in [0.25, 0.3) is 10.8 Å². The van der Waals surface area contributed by atoms with Gasteiger partial charge in [-0.2, -0.15) is 132 Å². The molecule has 0 aromatic heterocycles. The SMILES string of the molecule is NC(=O)c1c(CC(F)(F)C(F)(F)C(F)(F)C(F)(F)C(F)(F)C(F)(F)C(F)(F)F)c(CC(F)(F)C(F)(F)C(F)(F)C(F)(F)C(F)(F)C(F)(F)C(F)(F)F)c(C(N)=O)c2c(C(=O)[O-])ccc(C(=O)[O-])c12.[Cu+2]. The van der Waals surface area contributed by atoms with Crippen LogP contribution in [0.2, 0.25) is 0 Å². The van der Waals surface area contributed by atoms with Gasteiger partial charge < -0.3 is 31.3 Å². The summed E-state index contributed by atoms with van der Waals surface area (Å²) in [5.74, 6) is -119. The molecule has 4 N–H and O–H groups in total. The van der Waals surface area contributed by atoms with E-state index in [0.717, 1.165) is 0 Å². The van der Waals surface area contributed by atoms with Crippen molar-refractivity contribution in [1.29, 1.82) is 0 Å². The number of carboxylic acids is 2. The number of aromatic carboxylic acids is 2. The number of rotatable bonds is 18. The van der Waals surface area contributed by atoms with Crippen molar-refractivity contribution in [3.05, 3.63) is 45.5 Å². The zero-order valence-electron chi connectivity index (χ0n) is 30.8. The summed E-state index contributed by atoms with van der Waals surface area (Å²) in [6.45, 7) is 0. The van der Waals surface area contributed by atoms with Gasteiger partial charge in [0.15, 0.2) is 0 Å². The first-order valence-corrected chi connectivity index (χ1v) is 15.8. The van der Waals surface area contributed by atoms with Crippen molar-refractivity contribution in [2.24, 2.45) is 11.5 Å². The summed E-state index contributed by atoms with van der Waals surface area (Å²) in [6.07, 6.45) is -25.8. The van der Waals surface area contributed by atoms with Crippen LogP contribution in [0.5, 0.6) is 0 Å².